The summed E-state index contributed by atoms with van der Waals surface area (Å²) in [5.41, 5.74) is 1.67. The molecular weight excluding hydrogens is 270 g/mol. The van der Waals surface area contributed by atoms with Crippen LogP contribution in [0.15, 0.2) is 18.2 Å². The molecule has 0 unspecified atom stereocenters. The maximum absolute atomic E-state index is 13.0. The fourth-order valence-electron chi connectivity index (χ4n) is 1.35. The van der Waals surface area contributed by atoms with Crippen LogP contribution in [0.4, 0.5) is 17.6 Å². The molecule has 0 aliphatic rings. The maximum Gasteiger partial charge on any atom is 0.441 e. The molecule has 0 aromatic heterocycles. The molecule has 102 valence electrons. The van der Waals surface area contributed by atoms with E-state index in [1.54, 1.807) is 0 Å². The molecule has 1 aromatic rings. The van der Waals surface area contributed by atoms with Crippen LogP contribution >= 0.6 is 11.8 Å². The summed E-state index contributed by atoms with van der Waals surface area (Å²) in [5.74, 6) is -0.247. The molecule has 1 aromatic carbocycles. The molecule has 0 saturated heterocycles. The molecular formula is C11H13F4NOS. The largest absolute Gasteiger partial charge is 0.492 e. The Labute approximate surface area is 106 Å². The molecule has 18 heavy (non-hydrogen) atoms. The second-order valence-electron chi connectivity index (χ2n) is 3.43. The van der Waals surface area contributed by atoms with E-state index in [0.717, 1.165) is 0 Å². The van der Waals surface area contributed by atoms with Gasteiger partial charge in [-0.2, -0.15) is 13.2 Å². The lowest BCUT2D eigenvalue weighted by molar-refractivity contribution is -0.0329. The zero-order valence-corrected chi connectivity index (χ0v) is 10.3. The van der Waals surface area contributed by atoms with E-state index < -0.39 is 11.3 Å². The van der Waals surface area contributed by atoms with Crippen LogP contribution in [0.5, 0.6) is 5.75 Å². The average Bonchev–Trinajstić information content (AvgIpc) is 2.26. The van der Waals surface area contributed by atoms with Crippen LogP contribution < -0.4 is 10.5 Å². The van der Waals surface area contributed by atoms with Gasteiger partial charge >= 0.3 is 5.51 Å². The predicted molar refractivity (Wildman–Crippen MR) is 63.2 cm³/mol. The second-order valence-corrected chi connectivity index (χ2v) is 4.59. The minimum Gasteiger partial charge on any atom is -0.492 e. The Bertz CT molecular complexity index is 384. The van der Waals surface area contributed by atoms with Gasteiger partial charge in [-0.3, -0.25) is 0 Å². The van der Waals surface area contributed by atoms with Crippen LogP contribution in [-0.4, -0.2) is 24.4 Å². The Morgan fingerprint density at radius 2 is 2.00 bits per heavy atom. The second kappa shape index (κ2) is 6.84. The topological polar surface area (TPSA) is 35.2 Å². The normalized spacial score (nSPS) is 11.6. The zero-order chi connectivity index (χ0) is 13.6. The van der Waals surface area contributed by atoms with E-state index in [4.69, 9.17) is 10.5 Å². The quantitative estimate of drug-likeness (QED) is 0.644. The predicted octanol–water partition coefficient (Wildman–Crippen LogP) is 2.96. The number of nitrogens with two attached hydrogens (primary N) is 1. The molecule has 2 nitrogen and oxygen atoms in total. The van der Waals surface area contributed by atoms with Gasteiger partial charge in [0.05, 0.1) is 6.61 Å². The van der Waals surface area contributed by atoms with Crippen molar-refractivity contribution < 1.29 is 22.3 Å². The fourth-order valence-corrected chi connectivity index (χ4v) is 1.75. The highest BCUT2D eigenvalue weighted by Gasteiger charge is 2.27. The summed E-state index contributed by atoms with van der Waals surface area (Å²) in [7, 11) is 0. The molecule has 0 spiro atoms. The van der Waals surface area contributed by atoms with Crippen molar-refractivity contribution in [2.45, 2.75) is 11.9 Å². The van der Waals surface area contributed by atoms with E-state index in [9.17, 15) is 17.6 Å². The molecule has 0 heterocycles. The minimum atomic E-state index is -4.26. The van der Waals surface area contributed by atoms with Gasteiger partial charge in [-0.05, 0) is 48.5 Å². The van der Waals surface area contributed by atoms with E-state index in [-0.39, 0.29) is 24.1 Å². The SMILES string of the molecule is NCCc1cc(F)ccc1OCCSC(F)(F)F. The lowest BCUT2D eigenvalue weighted by Crippen LogP contribution is -2.10. The highest BCUT2D eigenvalue weighted by Crippen LogP contribution is 2.30. The van der Waals surface area contributed by atoms with E-state index >= 15 is 0 Å². The summed E-state index contributed by atoms with van der Waals surface area (Å²) in [6.07, 6.45) is 0.416. The highest BCUT2D eigenvalue weighted by atomic mass is 32.2. The molecule has 0 fully saturated rings. The lowest BCUT2D eigenvalue weighted by atomic mass is 10.1. The van der Waals surface area contributed by atoms with Crippen LogP contribution in [-0.2, 0) is 6.42 Å². The first-order valence-corrected chi connectivity index (χ1v) is 6.23. The van der Waals surface area contributed by atoms with Gasteiger partial charge < -0.3 is 10.5 Å². The molecule has 7 heteroatoms. The number of thioether (sulfide) groups is 1. The van der Waals surface area contributed by atoms with Crippen molar-refractivity contribution in [3.8, 4) is 5.75 Å². The van der Waals surface area contributed by atoms with E-state index in [0.29, 0.717) is 24.3 Å². The summed E-state index contributed by atoms with van der Waals surface area (Å²) in [6.45, 7) is 0.227. The number of benzene rings is 1. The minimum absolute atomic E-state index is 0.0899. The fraction of sp³-hybridized carbons (Fsp3) is 0.455. The van der Waals surface area contributed by atoms with Crippen LogP contribution in [0.25, 0.3) is 0 Å². The van der Waals surface area contributed by atoms with Gasteiger partial charge in [-0.25, -0.2) is 4.39 Å². The molecule has 0 aliphatic heterocycles. The number of halogens is 4. The summed E-state index contributed by atoms with van der Waals surface area (Å²) >= 11 is -0.149. The Morgan fingerprint density at radius 1 is 1.28 bits per heavy atom. The molecule has 1 rings (SSSR count). The van der Waals surface area contributed by atoms with Crippen molar-refractivity contribution in [1.82, 2.24) is 0 Å². The summed E-state index contributed by atoms with van der Waals surface area (Å²) in [6, 6.07) is 3.88. The van der Waals surface area contributed by atoms with Crippen LogP contribution in [0, 0.1) is 5.82 Å². The third-order valence-electron chi connectivity index (χ3n) is 2.04. The number of hydrogen-bond acceptors (Lipinski definition) is 3. The average molecular weight is 283 g/mol. The molecule has 0 saturated carbocycles. The monoisotopic (exact) mass is 283 g/mol. The van der Waals surface area contributed by atoms with Crippen LogP contribution in [0.2, 0.25) is 0 Å². The van der Waals surface area contributed by atoms with Crippen molar-refractivity contribution in [1.29, 1.82) is 0 Å². The molecule has 0 aliphatic carbocycles. The van der Waals surface area contributed by atoms with Gasteiger partial charge in [0.15, 0.2) is 0 Å². The Hall–Kier alpha value is -0.950. The van der Waals surface area contributed by atoms with Gasteiger partial charge in [0.1, 0.15) is 11.6 Å². The van der Waals surface area contributed by atoms with E-state index in [1.807, 2.05) is 0 Å². The highest BCUT2D eigenvalue weighted by molar-refractivity contribution is 8.00. The standard InChI is InChI=1S/C11H13F4NOS/c12-9-1-2-10(8(7-9)3-4-16)17-5-6-18-11(13,14)15/h1-2,7H,3-6,16H2. The van der Waals surface area contributed by atoms with Crippen molar-refractivity contribution >= 4 is 11.8 Å². The smallest absolute Gasteiger partial charge is 0.441 e. The first-order valence-electron chi connectivity index (χ1n) is 5.24. The molecule has 0 amide bonds. The third-order valence-corrected chi connectivity index (χ3v) is 2.74. The van der Waals surface area contributed by atoms with Gasteiger partial charge in [0.25, 0.3) is 0 Å². The van der Waals surface area contributed by atoms with Gasteiger partial charge in [0.2, 0.25) is 0 Å². The first kappa shape index (κ1) is 15.1. The van der Waals surface area contributed by atoms with Gasteiger partial charge in [-0.1, -0.05) is 0 Å². The van der Waals surface area contributed by atoms with Gasteiger partial charge in [-0.15, -0.1) is 0 Å². The Morgan fingerprint density at radius 3 is 2.61 bits per heavy atom. The van der Waals surface area contributed by atoms with Crippen molar-refractivity contribution in [3.05, 3.63) is 29.6 Å². The molecule has 2 N–H and O–H groups in total. The number of alkyl halides is 3. The van der Waals surface area contributed by atoms with Crippen molar-refractivity contribution in [3.63, 3.8) is 0 Å². The lowest BCUT2D eigenvalue weighted by Gasteiger charge is -2.11. The van der Waals surface area contributed by atoms with Gasteiger partial charge in [0, 0.05) is 5.75 Å². The number of hydrogen-bond donors (Lipinski definition) is 1. The van der Waals surface area contributed by atoms with E-state index in [2.05, 4.69) is 0 Å². The van der Waals surface area contributed by atoms with Crippen molar-refractivity contribution in [2.75, 3.05) is 18.9 Å². The van der Waals surface area contributed by atoms with Crippen LogP contribution in [0.1, 0.15) is 5.56 Å². The first-order chi connectivity index (χ1) is 8.42. The number of ether oxygens (including phenoxy) is 1. The summed E-state index contributed by atoms with van der Waals surface area (Å²) < 4.78 is 53.8. The molecule has 0 radical (unpaired) electrons. The number of rotatable bonds is 6. The summed E-state index contributed by atoms with van der Waals surface area (Å²) in [5, 5.41) is 0. The summed E-state index contributed by atoms with van der Waals surface area (Å²) in [4.78, 5) is 0. The third kappa shape index (κ3) is 5.59. The Balaban J connectivity index is 2.51. The molecule has 0 atom stereocenters. The van der Waals surface area contributed by atoms with Crippen molar-refractivity contribution in [2.24, 2.45) is 5.73 Å². The molecule has 0 bridgehead atoms. The maximum atomic E-state index is 13.0. The zero-order valence-electron chi connectivity index (χ0n) is 9.47. The van der Waals surface area contributed by atoms with Crippen LogP contribution in [0.3, 0.4) is 0 Å². The van der Waals surface area contributed by atoms with E-state index in [1.165, 1.54) is 18.2 Å². The Kier molecular flexibility index (Phi) is 5.74.